The molecule has 0 bridgehead atoms. The molecule has 0 N–H and O–H groups in total. The largest absolute Gasteiger partial charge is 0.494 e. The molecule has 0 unspecified atom stereocenters. The van der Waals surface area contributed by atoms with Crippen LogP contribution in [0.1, 0.15) is 27.7 Å². The van der Waals surface area contributed by atoms with Gasteiger partial charge in [0.2, 0.25) is 0 Å². The average molecular weight is 469 g/mol. The van der Waals surface area contributed by atoms with Crippen LogP contribution in [0.25, 0.3) is 49.0 Å². The molecule has 3 nitrogen and oxygen atoms in total. The molecule has 1 aliphatic heterocycles. The fraction of sp³-hybridized carbons (Fsp3) is 0.188. The molecule has 0 aliphatic carbocycles. The smallest absolute Gasteiger partial charge is 0.399 e. The van der Waals surface area contributed by atoms with E-state index >= 15 is 0 Å². The minimum absolute atomic E-state index is 0.381. The number of hydrogen-bond donors (Lipinski definition) is 0. The van der Waals surface area contributed by atoms with E-state index in [0.717, 1.165) is 11.0 Å². The van der Waals surface area contributed by atoms with E-state index in [9.17, 15) is 0 Å². The summed E-state index contributed by atoms with van der Waals surface area (Å²) in [5, 5.41) is 7.47. The number of rotatable bonds is 2. The van der Waals surface area contributed by atoms with Crippen molar-refractivity contribution in [3.05, 3.63) is 97.1 Å². The summed E-state index contributed by atoms with van der Waals surface area (Å²) in [5.74, 6) is 0. The second-order valence-corrected chi connectivity index (χ2v) is 10.9. The summed E-state index contributed by atoms with van der Waals surface area (Å²) in [6.45, 7) is 8.40. The highest BCUT2D eigenvalue weighted by molar-refractivity contribution is 6.62. The van der Waals surface area contributed by atoms with Gasteiger partial charge in [-0.15, -0.1) is 0 Å². The van der Waals surface area contributed by atoms with E-state index in [-0.39, 0.29) is 11.2 Å². The SMILES string of the molecule is CC1(C)OB(c2ccc3c4ccccc4n(-c4cc5ccccc5c5ccccc45)c3c2)OC1(C)C. The van der Waals surface area contributed by atoms with Gasteiger partial charge in [-0.3, -0.25) is 0 Å². The molecule has 0 atom stereocenters. The molecule has 1 aliphatic rings. The zero-order valence-electron chi connectivity index (χ0n) is 21.1. The lowest BCUT2D eigenvalue weighted by Crippen LogP contribution is -2.41. The molecule has 4 heteroatoms. The van der Waals surface area contributed by atoms with Crippen LogP contribution in [0.5, 0.6) is 0 Å². The average Bonchev–Trinajstić information content (AvgIpc) is 3.32. The minimum atomic E-state index is -0.404. The predicted octanol–water partition coefficient (Wildman–Crippen LogP) is 7.39. The third-order valence-corrected chi connectivity index (χ3v) is 8.21. The first-order valence-corrected chi connectivity index (χ1v) is 12.6. The molecule has 7 rings (SSSR count). The van der Waals surface area contributed by atoms with Crippen molar-refractivity contribution in [1.29, 1.82) is 0 Å². The van der Waals surface area contributed by atoms with Crippen LogP contribution in [0.4, 0.5) is 0 Å². The first-order chi connectivity index (χ1) is 17.3. The monoisotopic (exact) mass is 469 g/mol. The van der Waals surface area contributed by atoms with Crippen LogP contribution in [0.2, 0.25) is 0 Å². The van der Waals surface area contributed by atoms with Crippen LogP contribution in [0, 0.1) is 0 Å². The molecule has 1 saturated heterocycles. The number of fused-ring (bicyclic) bond motifs is 6. The molecule has 176 valence electrons. The zero-order valence-corrected chi connectivity index (χ0v) is 21.1. The van der Waals surface area contributed by atoms with Crippen LogP contribution in [-0.2, 0) is 9.31 Å². The molecule has 0 spiro atoms. The zero-order chi connectivity index (χ0) is 24.7. The molecular weight excluding hydrogens is 441 g/mol. The number of benzene rings is 5. The van der Waals surface area contributed by atoms with Crippen LogP contribution >= 0.6 is 0 Å². The molecule has 1 fully saturated rings. The summed E-state index contributed by atoms with van der Waals surface area (Å²) in [4.78, 5) is 0. The fourth-order valence-electron chi connectivity index (χ4n) is 5.59. The van der Waals surface area contributed by atoms with Crippen LogP contribution in [0.3, 0.4) is 0 Å². The topological polar surface area (TPSA) is 23.4 Å². The summed E-state index contributed by atoms with van der Waals surface area (Å²) in [6.07, 6.45) is 0. The maximum Gasteiger partial charge on any atom is 0.494 e. The highest BCUT2D eigenvalue weighted by Gasteiger charge is 2.51. The Balaban J connectivity index is 1.55. The Morgan fingerprint density at radius 3 is 1.89 bits per heavy atom. The van der Waals surface area contributed by atoms with Gasteiger partial charge in [0.1, 0.15) is 0 Å². The second kappa shape index (κ2) is 7.46. The van der Waals surface area contributed by atoms with Crippen molar-refractivity contribution in [2.75, 3.05) is 0 Å². The number of aromatic nitrogens is 1. The molecule has 5 aromatic carbocycles. The minimum Gasteiger partial charge on any atom is -0.399 e. The Morgan fingerprint density at radius 2 is 1.14 bits per heavy atom. The molecular formula is C32H28BNO2. The molecule has 0 amide bonds. The highest BCUT2D eigenvalue weighted by atomic mass is 16.7. The third-order valence-electron chi connectivity index (χ3n) is 8.21. The summed E-state index contributed by atoms with van der Waals surface area (Å²) >= 11 is 0. The van der Waals surface area contributed by atoms with E-state index in [4.69, 9.17) is 9.31 Å². The summed E-state index contributed by atoms with van der Waals surface area (Å²) in [5.41, 5.74) is 3.81. The standard InChI is InChI=1S/C32H28BNO2/c1-31(2)32(3,4)36-33(35-31)22-17-18-27-26-15-9-10-16-28(26)34(30(27)20-22)29-19-21-11-5-6-12-23(21)24-13-7-8-14-25(24)29/h5-20H,1-4H3. The van der Waals surface area contributed by atoms with Crippen molar-refractivity contribution in [3.8, 4) is 5.69 Å². The van der Waals surface area contributed by atoms with Crippen molar-refractivity contribution in [2.45, 2.75) is 38.9 Å². The maximum atomic E-state index is 6.42. The Bertz CT molecular complexity index is 1800. The van der Waals surface area contributed by atoms with Crippen LogP contribution < -0.4 is 5.46 Å². The van der Waals surface area contributed by atoms with E-state index in [1.165, 1.54) is 43.5 Å². The second-order valence-electron chi connectivity index (χ2n) is 10.9. The molecule has 0 radical (unpaired) electrons. The number of hydrogen-bond acceptors (Lipinski definition) is 2. The van der Waals surface area contributed by atoms with Gasteiger partial charge in [-0.1, -0.05) is 78.9 Å². The van der Waals surface area contributed by atoms with Crippen LogP contribution in [-0.4, -0.2) is 22.9 Å². The summed E-state index contributed by atoms with van der Waals surface area (Å²) in [7, 11) is -0.404. The Hall–Kier alpha value is -3.60. The Morgan fingerprint density at radius 1 is 0.556 bits per heavy atom. The lowest BCUT2D eigenvalue weighted by Gasteiger charge is -2.32. The Kier molecular flexibility index (Phi) is 4.49. The van der Waals surface area contributed by atoms with E-state index < -0.39 is 7.12 Å². The number of nitrogens with zero attached hydrogens (tertiary/aromatic N) is 1. The van der Waals surface area contributed by atoms with Crippen LogP contribution in [0.15, 0.2) is 97.1 Å². The van der Waals surface area contributed by atoms with Crippen molar-refractivity contribution in [2.24, 2.45) is 0 Å². The van der Waals surface area contributed by atoms with Gasteiger partial charge in [0.15, 0.2) is 0 Å². The van der Waals surface area contributed by atoms with Gasteiger partial charge in [-0.25, -0.2) is 0 Å². The summed E-state index contributed by atoms with van der Waals surface area (Å²) in [6, 6.07) is 35.0. The highest BCUT2D eigenvalue weighted by Crippen LogP contribution is 2.39. The summed E-state index contributed by atoms with van der Waals surface area (Å²) < 4.78 is 15.2. The molecule has 0 saturated carbocycles. The Labute approximate surface area is 211 Å². The van der Waals surface area contributed by atoms with Gasteiger partial charge in [-0.05, 0) is 67.5 Å². The van der Waals surface area contributed by atoms with Crippen molar-refractivity contribution >= 4 is 55.9 Å². The molecule has 1 aromatic heterocycles. The fourth-order valence-corrected chi connectivity index (χ4v) is 5.59. The first-order valence-electron chi connectivity index (χ1n) is 12.6. The van der Waals surface area contributed by atoms with Gasteiger partial charge >= 0.3 is 7.12 Å². The first kappa shape index (κ1) is 21.7. The van der Waals surface area contributed by atoms with Gasteiger partial charge in [0, 0.05) is 16.2 Å². The van der Waals surface area contributed by atoms with E-state index in [1.807, 2.05) is 0 Å². The van der Waals surface area contributed by atoms with Gasteiger partial charge in [-0.2, -0.15) is 0 Å². The predicted molar refractivity (Wildman–Crippen MR) is 152 cm³/mol. The molecule has 6 aromatic rings. The van der Waals surface area contributed by atoms with Crippen molar-refractivity contribution < 1.29 is 9.31 Å². The molecule has 36 heavy (non-hydrogen) atoms. The lowest BCUT2D eigenvalue weighted by atomic mass is 9.79. The van der Waals surface area contributed by atoms with Gasteiger partial charge < -0.3 is 13.9 Å². The third kappa shape index (κ3) is 3.01. The quantitative estimate of drug-likeness (QED) is 0.195. The van der Waals surface area contributed by atoms with Crippen molar-refractivity contribution in [3.63, 3.8) is 0 Å². The van der Waals surface area contributed by atoms with E-state index in [1.54, 1.807) is 0 Å². The number of para-hydroxylation sites is 1. The van der Waals surface area contributed by atoms with Crippen molar-refractivity contribution in [1.82, 2.24) is 4.57 Å². The lowest BCUT2D eigenvalue weighted by molar-refractivity contribution is 0.00578. The maximum absolute atomic E-state index is 6.42. The van der Waals surface area contributed by atoms with Gasteiger partial charge in [0.05, 0.1) is 27.9 Å². The molecule has 2 heterocycles. The van der Waals surface area contributed by atoms with Gasteiger partial charge in [0.25, 0.3) is 0 Å². The van der Waals surface area contributed by atoms with E-state index in [2.05, 4.69) is 129 Å². The normalized spacial score (nSPS) is 17.1. The van der Waals surface area contributed by atoms with E-state index in [0.29, 0.717) is 0 Å².